The van der Waals surface area contributed by atoms with Crippen molar-refractivity contribution in [2.24, 2.45) is 0 Å². The number of hydrogen-bond acceptors (Lipinski definition) is 2. The first-order valence-corrected chi connectivity index (χ1v) is 5.70. The summed E-state index contributed by atoms with van der Waals surface area (Å²) in [5, 5.41) is 10.2. The van der Waals surface area contributed by atoms with Gasteiger partial charge in [0.05, 0.1) is 6.20 Å². The van der Waals surface area contributed by atoms with Crippen LogP contribution in [0.25, 0.3) is 0 Å². The zero-order valence-corrected chi connectivity index (χ0v) is 9.66. The Morgan fingerprint density at radius 2 is 2.29 bits per heavy atom. The van der Waals surface area contributed by atoms with Gasteiger partial charge >= 0.3 is 0 Å². The highest BCUT2D eigenvalue weighted by molar-refractivity contribution is 6.30. The van der Waals surface area contributed by atoms with Gasteiger partial charge in [-0.1, -0.05) is 23.7 Å². The second-order valence-corrected chi connectivity index (χ2v) is 4.50. The Morgan fingerprint density at radius 3 is 3.12 bits per heavy atom. The van der Waals surface area contributed by atoms with Crippen LogP contribution in [0.4, 0.5) is 5.82 Å². The molecule has 17 heavy (non-hydrogen) atoms. The summed E-state index contributed by atoms with van der Waals surface area (Å²) in [6, 6.07) is 7.59. The minimum atomic E-state index is -0.00766. The van der Waals surface area contributed by atoms with Crippen LogP contribution in [0, 0.1) is 0 Å². The number of carbonyl (C=O) groups excluding carboxylic acids is 1. The van der Waals surface area contributed by atoms with Gasteiger partial charge in [0.25, 0.3) is 0 Å². The number of nitrogens with one attached hydrogen (secondary N) is 2. The Hall–Kier alpha value is -1.81. The molecule has 1 aromatic carbocycles. The molecule has 86 valence electrons. The fourth-order valence-corrected chi connectivity index (χ4v) is 2.37. The van der Waals surface area contributed by atoms with Gasteiger partial charge in [0, 0.05) is 22.9 Å². The average molecular weight is 248 g/mol. The molecule has 0 fully saturated rings. The number of H-pyrrole nitrogens is 1. The number of rotatable bonds is 1. The molecule has 1 unspecified atom stereocenters. The summed E-state index contributed by atoms with van der Waals surface area (Å²) < 4.78 is 0. The lowest BCUT2D eigenvalue weighted by Gasteiger charge is -2.22. The Kier molecular flexibility index (Phi) is 2.37. The standard InChI is InChI=1S/C12H10ClN3O/c13-8-3-1-2-7(4-8)9-5-11(17)15-12-10(9)6-14-16-12/h1-4,6,9H,5H2,(H2,14,15,16,17). The van der Waals surface area contributed by atoms with Gasteiger partial charge in [0.15, 0.2) is 0 Å². The Labute approximate surface area is 103 Å². The summed E-state index contributed by atoms with van der Waals surface area (Å²) in [6.07, 6.45) is 2.17. The summed E-state index contributed by atoms with van der Waals surface area (Å²) in [4.78, 5) is 11.6. The number of aromatic amines is 1. The van der Waals surface area contributed by atoms with Crippen LogP contribution < -0.4 is 5.32 Å². The Bertz CT molecular complexity index is 579. The SMILES string of the molecule is O=C1CC(c2cccc(Cl)c2)c2cn[nH]c2N1. The molecule has 2 aromatic rings. The van der Waals surface area contributed by atoms with E-state index < -0.39 is 0 Å². The molecule has 4 nitrogen and oxygen atoms in total. The van der Waals surface area contributed by atoms with E-state index in [9.17, 15) is 4.79 Å². The van der Waals surface area contributed by atoms with Gasteiger partial charge in [-0.25, -0.2) is 0 Å². The molecule has 0 saturated heterocycles. The van der Waals surface area contributed by atoms with Gasteiger partial charge in [0.1, 0.15) is 5.82 Å². The van der Waals surface area contributed by atoms with E-state index in [1.807, 2.05) is 24.3 Å². The highest BCUT2D eigenvalue weighted by atomic mass is 35.5. The summed E-state index contributed by atoms with van der Waals surface area (Å²) in [6.45, 7) is 0. The second kappa shape index (κ2) is 3.89. The van der Waals surface area contributed by atoms with Crippen molar-refractivity contribution in [2.45, 2.75) is 12.3 Å². The van der Waals surface area contributed by atoms with Crippen molar-refractivity contribution in [3.63, 3.8) is 0 Å². The minimum Gasteiger partial charge on any atom is -0.311 e. The summed E-state index contributed by atoms with van der Waals surface area (Å²) in [5.74, 6) is 0.703. The Balaban J connectivity index is 2.08. The van der Waals surface area contributed by atoms with Crippen molar-refractivity contribution < 1.29 is 4.79 Å². The second-order valence-electron chi connectivity index (χ2n) is 4.06. The van der Waals surface area contributed by atoms with Crippen LogP contribution >= 0.6 is 11.6 Å². The van der Waals surface area contributed by atoms with Crippen molar-refractivity contribution in [3.8, 4) is 0 Å². The molecule has 2 N–H and O–H groups in total. The lowest BCUT2D eigenvalue weighted by Crippen LogP contribution is -2.22. The molecule has 1 aliphatic heterocycles. The monoisotopic (exact) mass is 247 g/mol. The molecule has 2 heterocycles. The third-order valence-corrected chi connectivity index (χ3v) is 3.18. The normalized spacial score (nSPS) is 18.6. The van der Waals surface area contributed by atoms with Crippen LogP contribution in [0.15, 0.2) is 30.5 Å². The molecular weight excluding hydrogens is 238 g/mol. The summed E-state index contributed by atoms with van der Waals surface area (Å²) in [7, 11) is 0. The molecular formula is C12H10ClN3O. The number of halogens is 1. The Morgan fingerprint density at radius 1 is 1.41 bits per heavy atom. The molecule has 1 aromatic heterocycles. The highest BCUT2D eigenvalue weighted by Gasteiger charge is 2.27. The van der Waals surface area contributed by atoms with E-state index >= 15 is 0 Å². The van der Waals surface area contributed by atoms with Gasteiger partial charge < -0.3 is 5.32 Å². The van der Waals surface area contributed by atoms with Crippen LogP contribution in [-0.2, 0) is 4.79 Å². The van der Waals surface area contributed by atoms with E-state index in [1.165, 1.54) is 0 Å². The zero-order valence-electron chi connectivity index (χ0n) is 8.90. The predicted molar refractivity (Wildman–Crippen MR) is 65.1 cm³/mol. The molecule has 0 saturated carbocycles. The topological polar surface area (TPSA) is 57.8 Å². The number of aromatic nitrogens is 2. The van der Waals surface area contributed by atoms with E-state index in [0.29, 0.717) is 17.3 Å². The first-order valence-electron chi connectivity index (χ1n) is 5.32. The van der Waals surface area contributed by atoms with Gasteiger partial charge in [-0.15, -0.1) is 0 Å². The van der Waals surface area contributed by atoms with Crippen molar-refractivity contribution in [1.82, 2.24) is 10.2 Å². The highest BCUT2D eigenvalue weighted by Crippen LogP contribution is 2.36. The van der Waals surface area contributed by atoms with E-state index in [4.69, 9.17) is 11.6 Å². The largest absolute Gasteiger partial charge is 0.311 e. The van der Waals surface area contributed by atoms with Gasteiger partial charge in [-0.05, 0) is 17.7 Å². The van der Waals surface area contributed by atoms with E-state index in [1.54, 1.807) is 6.20 Å². The summed E-state index contributed by atoms with van der Waals surface area (Å²) in [5.41, 5.74) is 2.04. The van der Waals surface area contributed by atoms with Gasteiger partial charge in [-0.3, -0.25) is 9.89 Å². The van der Waals surface area contributed by atoms with Crippen molar-refractivity contribution in [2.75, 3.05) is 5.32 Å². The third-order valence-electron chi connectivity index (χ3n) is 2.95. The number of hydrogen-bond donors (Lipinski definition) is 2. The fraction of sp³-hybridized carbons (Fsp3) is 0.167. The van der Waals surface area contributed by atoms with E-state index in [0.717, 1.165) is 11.1 Å². The molecule has 5 heteroatoms. The van der Waals surface area contributed by atoms with Gasteiger partial charge in [-0.2, -0.15) is 5.10 Å². The van der Waals surface area contributed by atoms with E-state index in [2.05, 4.69) is 15.5 Å². The van der Waals surface area contributed by atoms with Crippen LogP contribution in [0.1, 0.15) is 23.5 Å². The molecule has 0 bridgehead atoms. The van der Waals surface area contributed by atoms with Crippen molar-refractivity contribution >= 4 is 23.3 Å². The third kappa shape index (κ3) is 1.80. The number of amides is 1. The molecule has 1 atom stereocenters. The maximum atomic E-state index is 11.6. The summed E-state index contributed by atoms with van der Waals surface area (Å²) >= 11 is 5.98. The molecule has 0 spiro atoms. The number of anilines is 1. The molecule has 1 amide bonds. The van der Waals surface area contributed by atoms with Crippen molar-refractivity contribution in [1.29, 1.82) is 0 Å². The average Bonchev–Trinajstić information content (AvgIpc) is 2.75. The number of fused-ring (bicyclic) bond motifs is 1. The first-order chi connectivity index (χ1) is 8.24. The van der Waals surface area contributed by atoms with Gasteiger partial charge in [0.2, 0.25) is 5.91 Å². The van der Waals surface area contributed by atoms with Crippen LogP contribution in [-0.4, -0.2) is 16.1 Å². The smallest absolute Gasteiger partial charge is 0.226 e. The lowest BCUT2D eigenvalue weighted by molar-refractivity contribution is -0.116. The molecule has 0 radical (unpaired) electrons. The molecule has 1 aliphatic rings. The van der Waals surface area contributed by atoms with E-state index in [-0.39, 0.29) is 11.8 Å². The van der Waals surface area contributed by atoms with Crippen LogP contribution in [0.3, 0.4) is 0 Å². The number of carbonyl (C=O) groups is 1. The maximum absolute atomic E-state index is 11.6. The first kappa shape index (κ1) is 10.4. The maximum Gasteiger partial charge on any atom is 0.226 e. The van der Waals surface area contributed by atoms with Crippen molar-refractivity contribution in [3.05, 3.63) is 46.6 Å². The molecule has 3 rings (SSSR count). The molecule has 0 aliphatic carbocycles. The van der Waals surface area contributed by atoms with Crippen LogP contribution in [0.2, 0.25) is 5.02 Å². The number of nitrogens with zero attached hydrogens (tertiary/aromatic N) is 1. The lowest BCUT2D eigenvalue weighted by atomic mass is 9.87. The number of benzene rings is 1. The van der Waals surface area contributed by atoms with Crippen LogP contribution in [0.5, 0.6) is 0 Å². The zero-order chi connectivity index (χ0) is 11.8. The minimum absolute atomic E-state index is 0.00766. The predicted octanol–water partition coefficient (Wildman–Crippen LogP) is 2.54. The quantitative estimate of drug-likeness (QED) is 0.814. The fourth-order valence-electron chi connectivity index (χ4n) is 2.17.